The highest BCUT2D eigenvalue weighted by atomic mass is 19.4. The van der Waals surface area contributed by atoms with Gasteiger partial charge in [0.1, 0.15) is 0 Å². The first kappa shape index (κ1) is 21.0. The molecule has 1 saturated carbocycles. The van der Waals surface area contributed by atoms with Crippen LogP contribution in [0.1, 0.15) is 35.2 Å². The van der Waals surface area contributed by atoms with Gasteiger partial charge in [-0.3, -0.25) is 0 Å². The van der Waals surface area contributed by atoms with Crippen molar-refractivity contribution < 1.29 is 27.0 Å². The second-order valence-corrected chi connectivity index (χ2v) is 7.37. The maximum Gasteiger partial charge on any atom is 0.451 e. The van der Waals surface area contributed by atoms with E-state index in [2.05, 4.69) is 30.0 Å². The van der Waals surface area contributed by atoms with Gasteiger partial charge in [0.05, 0.1) is 31.7 Å². The number of hydrogen-bond acceptors (Lipinski definition) is 8. The molecule has 2 atom stereocenters. The molecular formula is C20H15F4N7O2. The van der Waals surface area contributed by atoms with Crippen molar-refractivity contribution in [2.75, 3.05) is 14.2 Å². The Morgan fingerprint density at radius 1 is 0.970 bits per heavy atom. The lowest BCUT2D eigenvalue weighted by Gasteiger charge is -2.11. The van der Waals surface area contributed by atoms with Crippen LogP contribution in [-0.2, 0) is 6.18 Å². The Balaban J connectivity index is 1.55. The zero-order valence-corrected chi connectivity index (χ0v) is 17.2. The molecule has 1 fully saturated rings. The van der Waals surface area contributed by atoms with Gasteiger partial charge in [0, 0.05) is 24.2 Å². The highest BCUT2D eigenvalue weighted by Crippen LogP contribution is 2.55. The minimum absolute atomic E-state index is 0.0928. The monoisotopic (exact) mass is 461 g/mol. The van der Waals surface area contributed by atoms with Crippen molar-refractivity contribution in [1.82, 2.24) is 34.5 Å². The second kappa shape index (κ2) is 7.60. The first-order valence-corrected chi connectivity index (χ1v) is 9.69. The number of aromatic nitrogens is 7. The van der Waals surface area contributed by atoms with Crippen LogP contribution in [0.25, 0.3) is 16.9 Å². The van der Waals surface area contributed by atoms with Gasteiger partial charge in [-0.2, -0.15) is 32.2 Å². The van der Waals surface area contributed by atoms with Crippen molar-refractivity contribution in [3.8, 4) is 23.1 Å². The number of hydrogen-bond donors (Lipinski definition) is 0. The Kier molecular flexibility index (Phi) is 4.83. The van der Waals surface area contributed by atoms with Crippen molar-refractivity contribution in [1.29, 1.82) is 0 Å². The van der Waals surface area contributed by atoms with E-state index in [1.807, 2.05) is 0 Å². The number of fused-ring (bicyclic) bond motifs is 1. The fourth-order valence-electron chi connectivity index (χ4n) is 3.73. The molecule has 4 aromatic heterocycles. The van der Waals surface area contributed by atoms with E-state index in [1.54, 1.807) is 6.07 Å². The Morgan fingerprint density at radius 2 is 1.73 bits per heavy atom. The van der Waals surface area contributed by atoms with Gasteiger partial charge in [-0.05, 0) is 29.9 Å². The summed E-state index contributed by atoms with van der Waals surface area (Å²) in [6, 6.07) is 1.82. The molecule has 0 N–H and O–H groups in total. The molecule has 0 aliphatic heterocycles. The largest absolute Gasteiger partial charge is 0.480 e. The smallest absolute Gasteiger partial charge is 0.451 e. The summed E-state index contributed by atoms with van der Waals surface area (Å²) in [5.74, 6) is -1.96. The SMILES string of the molecule is COc1ncc(-c2cc([C@H]3C[C@@H]3c3cnc(C(F)(F)F)nc3)c3ncc(F)n3n2)c(OC)n1. The summed E-state index contributed by atoms with van der Waals surface area (Å²) in [7, 11) is 2.83. The van der Waals surface area contributed by atoms with Crippen LogP contribution in [0.3, 0.4) is 0 Å². The number of halogens is 4. The molecule has 0 bridgehead atoms. The third-order valence-corrected chi connectivity index (χ3v) is 5.38. The van der Waals surface area contributed by atoms with E-state index in [1.165, 1.54) is 32.8 Å². The predicted octanol–water partition coefficient (Wildman–Crippen LogP) is 3.42. The topological polar surface area (TPSA) is 100 Å². The van der Waals surface area contributed by atoms with Crippen LogP contribution in [0.2, 0.25) is 0 Å². The summed E-state index contributed by atoms with van der Waals surface area (Å²) >= 11 is 0. The average Bonchev–Trinajstić information content (AvgIpc) is 3.53. The van der Waals surface area contributed by atoms with Crippen molar-refractivity contribution in [3.63, 3.8) is 0 Å². The van der Waals surface area contributed by atoms with Crippen molar-refractivity contribution >= 4 is 5.65 Å². The van der Waals surface area contributed by atoms with Crippen LogP contribution in [-0.4, -0.2) is 48.8 Å². The normalized spacial score (nSPS) is 17.9. The quantitative estimate of drug-likeness (QED) is 0.417. The molecule has 170 valence electrons. The lowest BCUT2D eigenvalue weighted by molar-refractivity contribution is -0.145. The lowest BCUT2D eigenvalue weighted by Crippen LogP contribution is -2.10. The summed E-state index contributed by atoms with van der Waals surface area (Å²) in [4.78, 5) is 19.2. The molecule has 0 aromatic carbocycles. The summed E-state index contributed by atoms with van der Waals surface area (Å²) in [5, 5.41) is 4.31. The van der Waals surface area contributed by atoms with Crippen molar-refractivity contribution in [2.45, 2.75) is 24.4 Å². The molecule has 0 saturated heterocycles. The van der Waals surface area contributed by atoms with E-state index in [-0.39, 0.29) is 23.7 Å². The van der Waals surface area contributed by atoms with Crippen LogP contribution in [0.15, 0.2) is 30.9 Å². The third-order valence-electron chi connectivity index (χ3n) is 5.38. The van der Waals surface area contributed by atoms with E-state index < -0.39 is 17.9 Å². The maximum atomic E-state index is 14.4. The van der Waals surface area contributed by atoms with Gasteiger partial charge < -0.3 is 9.47 Å². The summed E-state index contributed by atoms with van der Waals surface area (Å²) < 4.78 is 64.1. The molecule has 9 nitrogen and oxygen atoms in total. The molecule has 5 rings (SSSR count). The fraction of sp³-hybridized carbons (Fsp3) is 0.300. The Labute approximate surface area is 183 Å². The lowest BCUT2D eigenvalue weighted by atomic mass is 10.1. The molecule has 1 aliphatic carbocycles. The second-order valence-electron chi connectivity index (χ2n) is 7.37. The zero-order chi connectivity index (χ0) is 23.3. The molecule has 13 heteroatoms. The molecule has 0 unspecified atom stereocenters. The number of rotatable bonds is 5. The third kappa shape index (κ3) is 3.68. The minimum atomic E-state index is -4.61. The Hall–Kier alpha value is -3.90. The summed E-state index contributed by atoms with van der Waals surface area (Å²) in [6.45, 7) is 0. The number of ether oxygens (including phenoxy) is 2. The number of alkyl halides is 3. The van der Waals surface area contributed by atoms with Gasteiger partial charge in [0.25, 0.3) is 0 Å². The standard InChI is InChI=1S/C20H15F4N7O2/c1-32-17-13(7-28-19(29-17)33-2)14-4-12(16-25-8-15(21)31(16)30-14)11-3-10(11)9-5-26-18(27-6-9)20(22,23)24/h4-8,10-11H,3H2,1-2H3/t10-,11+/m1/s1. The van der Waals surface area contributed by atoms with Gasteiger partial charge in [0.15, 0.2) is 5.65 Å². The molecule has 0 spiro atoms. The highest BCUT2D eigenvalue weighted by molar-refractivity contribution is 5.68. The zero-order valence-electron chi connectivity index (χ0n) is 17.2. The molecule has 1 aliphatic rings. The molecule has 33 heavy (non-hydrogen) atoms. The average molecular weight is 461 g/mol. The van der Waals surface area contributed by atoms with Crippen LogP contribution < -0.4 is 9.47 Å². The Bertz CT molecular complexity index is 1340. The van der Waals surface area contributed by atoms with Gasteiger partial charge in [-0.25, -0.2) is 19.9 Å². The van der Waals surface area contributed by atoms with E-state index in [9.17, 15) is 17.6 Å². The van der Waals surface area contributed by atoms with Crippen LogP contribution in [0, 0.1) is 5.95 Å². The number of nitrogens with zero attached hydrogens (tertiary/aromatic N) is 7. The van der Waals surface area contributed by atoms with Crippen LogP contribution in [0.5, 0.6) is 11.9 Å². The van der Waals surface area contributed by atoms with E-state index in [0.717, 1.165) is 10.7 Å². The first-order valence-electron chi connectivity index (χ1n) is 9.69. The molecule has 4 heterocycles. The van der Waals surface area contributed by atoms with Gasteiger partial charge >= 0.3 is 12.2 Å². The minimum Gasteiger partial charge on any atom is -0.480 e. The molecule has 0 radical (unpaired) electrons. The number of methoxy groups -OCH3 is 2. The number of imidazole rings is 1. The van der Waals surface area contributed by atoms with Gasteiger partial charge in [0.2, 0.25) is 17.7 Å². The predicted molar refractivity (Wildman–Crippen MR) is 104 cm³/mol. The summed E-state index contributed by atoms with van der Waals surface area (Å²) in [6.07, 6.45) is 0.846. The molecule has 0 amide bonds. The van der Waals surface area contributed by atoms with Gasteiger partial charge in [-0.1, -0.05) is 0 Å². The van der Waals surface area contributed by atoms with Crippen LogP contribution >= 0.6 is 0 Å². The van der Waals surface area contributed by atoms with E-state index in [0.29, 0.717) is 34.5 Å². The van der Waals surface area contributed by atoms with E-state index >= 15 is 0 Å². The highest BCUT2D eigenvalue weighted by Gasteiger charge is 2.43. The summed E-state index contributed by atoms with van der Waals surface area (Å²) in [5.41, 5.74) is 2.28. The van der Waals surface area contributed by atoms with Crippen molar-refractivity contribution in [3.05, 3.63) is 53.8 Å². The molecule has 4 aromatic rings. The van der Waals surface area contributed by atoms with E-state index in [4.69, 9.17) is 9.47 Å². The Morgan fingerprint density at radius 3 is 2.39 bits per heavy atom. The molecular weight excluding hydrogens is 446 g/mol. The van der Waals surface area contributed by atoms with Crippen LogP contribution in [0.4, 0.5) is 17.6 Å². The van der Waals surface area contributed by atoms with Crippen molar-refractivity contribution in [2.24, 2.45) is 0 Å². The fourth-order valence-corrected chi connectivity index (χ4v) is 3.73. The maximum absolute atomic E-state index is 14.4. The first-order chi connectivity index (χ1) is 15.8. The van der Waals surface area contributed by atoms with Gasteiger partial charge in [-0.15, -0.1) is 0 Å².